The zero-order chi connectivity index (χ0) is 17.5. The van der Waals surface area contributed by atoms with Crippen LogP contribution in [-0.2, 0) is 9.59 Å². The van der Waals surface area contributed by atoms with Crippen molar-refractivity contribution in [1.29, 1.82) is 0 Å². The van der Waals surface area contributed by atoms with Crippen LogP contribution in [0.2, 0.25) is 5.02 Å². The fourth-order valence-corrected chi connectivity index (χ4v) is 2.09. The third-order valence-corrected chi connectivity index (χ3v) is 3.51. The lowest BCUT2D eigenvalue weighted by Crippen LogP contribution is -2.38. The zero-order valence-electron chi connectivity index (χ0n) is 13.5. The summed E-state index contributed by atoms with van der Waals surface area (Å²) in [6.07, 6.45) is 1.03. The van der Waals surface area contributed by atoms with Gasteiger partial charge >= 0.3 is 0 Å². The predicted molar refractivity (Wildman–Crippen MR) is 90.4 cm³/mol. The van der Waals surface area contributed by atoms with Crippen LogP contribution in [0.25, 0.3) is 5.69 Å². The molecule has 7 nitrogen and oxygen atoms in total. The summed E-state index contributed by atoms with van der Waals surface area (Å²) in [5.41, 5.74) is 0.830. The van der Waals surface area contributed by atoms with Gasteiger partial charge in [-0.15, -0.1) is 5.10 Å². The number of halogens is 1. The SMILES string of the molecule is CNC(=O)CCNC(=O)[C@@H](C)Oc1nn(-c2ccccc2)cc1Cl. The third-order valence-electron chi connectivity index (χ3n) is 3.25. The first-order valence-corrected chi connectivity index (χ1v) is 7.84. The van der Waals surface area contributed by atoms with Crippen LogP contribution in [0.15, 0.2) is 36.5 Å². The molecule has 0 aliphatic carbocycles. The number of carbonyl (C=O) groups excluding carboxylic acids is 2. The summed E-state index contributed by atoms with van der Waals surface area (Å²) >= 11 is 6.12. The monoisotopic (exact) mass is 350 g/mol. The van der Waals surface area contributed by atoms with Crippen molar-refractivity contribution in [3.05, 3.63) is 41.6 Å². The second-order valence-electron chi connectivity index (χ2n) is 5.04. The van der Waals surface area contributed by atoms with Crippen molar-refractivity contribution in [2.24, 2.45) is 0 Å². The molecule has 1 heterocycles. The summed E-state index contributed by atoms with van der Waals surface area (Å²) in [6.45, 7) is 1.82. The van der Waals surface area contributed by atoms with E-state index in [1.807, 2.05) is 30.3 Å². The van der Waals surface area contributed by atoms with E-state index >= 15 is 0 Å². The molecule has 0 saturated heterocycles. The highest BCUT2D eigenvalue weighted by molar-refractivity contribution is 6.31. The van der Waals surface area contributed by atoms with Gasteiger partial charge in [0, 0.05) is 20.0 Å². The molecule has 0 spiro atoms. The van der Waals surface area contributed by atoms with Gasteiger partial charge in [-0.3, -0.25) is 9.59 Å². The molecule has 0 bridgehead atoms. The standard InChI is InChI=1S/C16H19ClN4O3/c1-11(15(23)19-9-8-14(22)18-2)24-16-13(17)10-21(20-16)12-6-4-3-5-7-12/h3-7,10-11H,8-9H2,1-2H3,(H,18,22)(H,19,23)/t11-/m1/s1. The maximum absolute atomic E-state index is 12.0. The Hall–Kier alpha value is -2.54. The fraction of sp³-hybridized carbons (Fsp3) is 0.312. The molecule has 0 radical (unpaired) electrons. The number of ether oxygens (including phenoxy) is 1. The lowest BCUT2D eigenvalue weighted by atomic mass is 10.3. The number of nitrogens with one attached hydrogen (secondary N) is 2. The van der Waals surface area contributed by atoms with Crippen molar-refractivity contribution in [2.45, 2.75) is 19.4 Å². The molecule has 0 aliphatic heterocycles. The molecule has 2 rings (SSSR count). The number of carbonyl (C=O) groups is 2. The van der Waals surface area contributed by atoms with Crippen molar-refractivity contribution in [2.75, 3.05) is 13.6 Å². The summed E-state index contributed by atoms with van der Waals surface area (Å²) in [5, 5.41) is 9.66. The van der Waals surface area contributed by atoms with Gasteiger partial charge in [0.2, 0.25) is 5.91 Å². The zero-order valence-corrected chi connectivity index (χ0v) is 14.2. The molecule has 2 aromatic rings. The van der Waals surface area contributed by atoms with Crippen molar-refractivity contribution in [3.8, 4) is 11.6 Å². The first kappa shape index (κ1) is 17.8. The molecule has 2 N–H and O–H groups in total. The van der Waals surface area contributed by atoms with Gasteiger partial charge in [0.1, 0.15) is 5.02 Å². The second-order valence-corrected chi connectivity index (χ2v) is 5.44. The van der Waals surface area contributed by atoms with Crippen LogP contribution in [0.1, 0.15) is 13.3 Å². The number of amides is 2. The molecule has 1 aromatic heterocycles. The predicted octanol–water partition coefficient (Wildman–Crippen LogP) is 1.55. The molecule has 0 unspecified atom stereocenters. The number of hydrogen-bond acceptors (Lipinski definition) is 4. The molecule has 0 aliphatic rings. The fourth-order valence-electron chi connectivity index (χ4n) is 1.92. The Labute approximate surface area is 144 Å². The van der Waals surface area contributed by atoms with Gasteiger partial charge in [-0.05, 0) is 19.1 Å². The van der Waals surface area contributed by atoms with Gasteiger partial charge < -0.3 is 15.4 Å². The van der Waals surface area contributed by atoms with E-state index in [2.05, 4.69) is 15.7 Å². The highest BCUT2D eigenvalue weighted by atomic mass is 35.5. The van der Waals surface area contributed by atoms with Gasteiger partial charge in [-0.2, -0.15) is 0 Å². The molecule has 1 aromatic carbocycles. The molecular weight excluding hydrogens is 332 g/mol. The van der Waals surface area contributed by atoms with E-state index in [0.29, 0.717) is 5.02 Å². The minimum atomic E-state index is -0.786. The maximum atomic E-state index is 12.0. The van der Waals surface area contributed by atoms with E-state index in [1.54, 1.807) is 24.9 Å². The van der Waals surface area contributed by atoms with Crippen LogP contribution in [0.5, 0.6) is 5.88 Å². The normalized spacial score (nSPS) is 11.6. The number of hydrogen-bond donors (Lipinski definition) is 2. The number of rotatable bonds is 7. The summed E-state index contributed by atoms with van der Waals surface area (Å²) in [5.74, 6) is -0.313. The van der Waals surface area contributed by atoms with Crippen molar-refractivity contribution in [1.82, 2.24) is 20.4 Å². The Morgan fingerprint density at radius 2 is 2.04 bits per heavy atom. The van der Waals surface area contributed by atoms with Crippen molar-refractivity contribution in [3.63, 3.8) is 0 Å². The van der Waals surface area contributed by atoms with Gasteiger partial charge in [0.25, 0.3) is 11.8 Å². The van der Waals surface area contributed by atoms with Crippen LogP contribution in [0.3, 0.4) is 0 Å². The van der Waals surface area contributed by atoms with E-state index in [9.17, 15) is 9.59 Å². The summed E-state index contributed by atoms with van der Waals surface area (Å²) < 4.78 is 7.09. The van der Waals surface area contributed by atoms with Crippen LogP contribution in [0.4, 0.5) is 0 Å². The number of aromatic nitrogens is 2. The Kier molecular flexibility index (Phi) is 6.20. The minimum Gasteiger partial charge on any atom is -0.462 e. The third kappa shape index (κ3) is 4.73. The molecule has 128 valence electrons. The first-order valence-electron chi connectivity index (χ1n) is 7.46. The minimum absolute atomic E-state index is 0.145. The highest BCUT2D eigenvalue weighted by Gasteiger charge is 2.18. The van der Waals surface area contributed by atoms with E-state index in [-0.39, 0.29) is 30.7 Å². The molecule has 1 atom stereocenters. The summed E-state index contributed by atoms with van der Waals surface area (Å²) in [6, 6.07) is 9.42. The first-order chi connectivity index (χ1) is 11.5. The Morgan fingerprint density at radius 1 is 1.33 bits per heavy atom. The lowest BCUT2D eigenvalue weighted by Gasteiger charge is -2.13. The number of para-hydroxylation sites is 1. The average Bonchev–Trinajstić information content (AvgIpc) is 2.96. The molecule has 8 heteroatoms. The van der Waals surface area contributed by atoms with Crippen LogP contribution in [0, 0.1) is 0 Å². The highest BCUT2D eigenvalue weighted by Crippen LogP contribution is 2.24. The lowest BCUT2D eigenvalue weighted by molar-refractivity contribution is -0.127. The average molecular weight is 351 g/mol. The van der Waals surface area contributed by atoms with Gasteiger partial charge in [-0.25, -0.2) is 4.68 Å². The quantitative estimate of drug-likeness (QED) is 0.793. The van der Waals surface area contributed by atoms with Gasteiger partial charge in [-0.1, -0.05) is 29.8 Å². The van der Waals surface area contributed by atoms with Crippen molar-refractivity contribution >= 4 is 23.4 Å². The van der Waals surface area contributed by atoms with Crippen LogP contribution in [-0.4, -0.2) is 41.3 Å². The maximum Gasteiger partial charge on any atom is 0.260 e. The molecule has 0 saturated carbocycles. The number of benzene rings is 1. The van der Waals surface area contributed by atoms with Gasteiger partial charge in [0.05, 0.1) is 11.9 Å². The smallest absolute Gasteiger partial charge is 0.260 e. The topological polar surface area (TPSA) is 85.2 Å². The van der Waals surface area contributed by atoms with E-state index in [1.165, 1.54) is 0 Å². The van der Waals surface area contributed by atoms with Crippen LogP contribution < -0.4 is 15.4 Å². The largest absolute Gasteiger partial charge is 0.462 e. The number of nitrogens with zero attached hydrogens (tertiary/aromatic N) is 2. The Morgan fingerprint density at radius 3 is 2.71 bits per heavy atom. The summed E-state index contributed by atoms with van der Waals surface area (Å²) in [4.78, 5) is 23.1. The van der Waals surface area contributed by atoms with Gasteiger partial charge in [0.15, 0.2) is 6.10 Å². The molecule has 2 amide bonds. The molecule has 24 heavy (non-hydrogen) atoms. The molecular formula is C16H19ClN4O3. The Bertz CT molecular complexity index is 703. The van der Waals surface area contributed by atoms with Crippen molar-refractivity contribution < 1.29 is 14.3 Å². The molecule has 0 fully saturated rings. The van der Waals surface area contributed by atoms with E-state index in [4.69, 9.17) is 16.3 Å². The Balaban J connectivity index is 1.94. The summed E-state index contributed by atoms with van der Waals surface area (Å²) in [7, 11) is 1.54. The van der Waals surface area contributed by atoms with E-state index in [0.717, 1.165) is 5.69 Å². The van der Waals surface area contributed by atoms with E-state index < -0.39 is 6.10 Å². The second kappa shape index (κ2) is 8.35. The van der Waals surface area contributed by atoms with Crippen LogP contribution >= 0.6 is 11.6 Å².